The van der Waals surface area contributed by atoms with Gasteiger partial charge in [0.1, 0.15) is 11.3 Å². The lowest BCUT2D eigenvalue weighted by molar-refractivity contribution is 0.0956. The lowest BCUT2D eigenvalue weighted by Gasteiger charge is -2.24. The lowest BCUT2D eigenvalue weighted by atomic mass is 10.2. The monoisotopic (exact) mass is 465 g/mol. The molecule has 0 N–H and O–H groups in total. The number of anilines is 1. The Labute approximate surface area is 177 Å². The average Bonchev–Trinajstić information content (AvgIpc) is 3.32. The fraction of sp³-hybridized carbons (Fsp3) is 0.400. The number of furan rings is 1. The van der Waals surface area contributed by atoms with Gasteiger partial charge in [-0.25, -0.2) is 4.98 Å². The molecule has 28 heavy (non-hydrogen) atoms. The first-order valence-corrected chi connectivity index (χ1v) is 10.8. The standard InChI is InChI=1S/C20H24BrN3O3S/c1-5-23(6-2)11-12-24(19(25)15-9-10-16(21)27-15)20-22-17-14(26-4)8-7-13(3)18(17)28-20/h7-10H,5-6,11-12H2,1-4H3. The van der Waals surface area contributed by atoms with Crippen molar-refractivity contribution in [2.75, 3.05) is 38.2 Å². The molecule has 3 aromatic rings. The number of carbonyl (C=O) groups is 1. The molecular formula is C20H24BrN3O3S. The Morgan fingerprint density at radius 3 is 2.57 bits per heavy atom. The summed E-state index contributed by atoms with van der Waals surface area (Å²) in [5, 5.41) is 0.646. The smallest absolute Gasteiger partial charge is 0.295 e. The van der Waals surface area contributed by atoms with E-state index in [4.69, 9.17) is 14.1 Å². The summed E-state index contributed by atoms with van der Waals surface area (Å²) in [6, 6.07) is 7.32. The number of thiazole rings is 1. The zero-order valence-electron chi connectivity index (χ0n) is 16.5. The van der Waals surface area contributed by atoms with Crippen LogP contribution in [0.4, 0.5) is 5.13 Å². The lowest BCUT2D eigenvalue weighted by Crippen LogP contribution is -2.38. The van der Waals surface area contributed by atoms with Crippen LogP contribution in [0.25, 0.3) is 10.2 Å². The summed E-state index contributed by atoms with van der Waals surface area (Å²) in [5.74, 6) is 0.794. The fourth-order valence-electron chi connectivity index (χ4n) is 3.01. The molecule has 0 aliphatic carbocycles. The molecule has 1 aromatic carbocycles. The molecule has 0 saturated heterocycles. The van der Waals surface area contributed by atoms with Crippen LogP contribution in [0.1, 0.15) is 30.0 Å². The van der Waals surface area contributed by atoms with Gasteiger partial charge in [-0.05, 0) is 59.7 Å². The number of likely N-dealkylation sites (N-methyl/N-ethyl adjacent to an activating group) is 1. The number of carbonyl (C=O) groups excluding carboxylic acids is 1. The molecule has 0 aliphatic heterocycles. The van der Waals surface area contributed by atoms with Gasteiger partial charge >= 0.3 is 0 Å². The van der Waals surface area contributed by atoms with Crippen molar-refractivity contribution in [1.82, 2.24) is 9.88 Å². The number of ether oxygens (including phenoxy) is 1. The van der Waals surface area contributed by atoms with Crippen LogP contribution in [0.15, 0.2) is 33.4 Å². The van der Waals surface area contributed by atoms with Crippen molar-refractivity contribution in [3.8, 4) is 5.75 Å². The van der Waals surface area contributed by atoms with E-state index in [0.717, 1.165) is 35.4 Å². The summed E-state index contributed by atoms with van der Waals surface area (Å²) in [6.45, 7) is 9.41. The van der Waals surface area contributed by atoms with Crippen LogP contribution >= 0.6 is 27.3 Å². The minimum absolute atomic E-state index is 0.200. The first-order chi connectivity index (χ1) is 13.5. The molecule has 0 radical (unpaired) electrons. The maximum Gasteiger partial charge on any atom is 0.295 e. The number of rotatable bonds is 8. The molecule has 6 nitrogen and oxygen atoms in total. The van der Waals surface area contributed by atoms with Gasteiger partial charge in [0.15, 0.2) is 15.6 Å². The van der Waals surface area contributed by atoms with Gasteiger partial charge in [-0.2, -0.15) is 0 Å². The van der Waals surface area contributed by atoms with Crippen LogP contribution in [-0.4, -0.2) is 49.1 Å². The average molecular weight is 466 g/mol. The quantitative estimate of drug-likeness (QED) is 0.470. The normalized spacial score (nSPS) is 11.4. The van der Waals surface area contributed by atoms with E-state index in [-0.39, 0.29) is 11.7 Å². The molecular weight excluding hydrogens is 442 g/mol. The van der Waals surface area contributed by atoms with Crippen LogP contribution in [0.5, 0.6) is 5.75 Å². The largest absolute Gasteiger partial charge is 0.494 e. The Morgan fingerprint density at radius 2 is 1.96 bits per heavy atom. The SMILES string of the molecule is CCN(CC)CCN(C(=O)c1ccc(Br)o1)c1nc2c(OC)ccc(C)c2s1. The Hall–Kier alpha value is -1.90. The number of methoxy groups -OCH3 is 1. The van der Waals surface area contributed by atoms with Gasteiger partial charge in [-0.1, -0.05) is 31.3 Å². The van der Waals surface area contributed by atoms with Crippen molar-refractivity contribution in [1.29, 1.82) is 0 Å². The molecule has 2 aromatic heterocycles. The van der Waals surface area contributed by atoms with Crippen LogP contribution in [-0.2, 0) is 0 Å². The maximum atomic E-state index is 13.2. The summed E-state index contributed by atoms with van der Waals surface area (Å²) in [4.78, 5) is 21.9. The summed E-state index contributed by atoms with van der Waals surface area (Å²) >= 11 is 4.77. The second kappa shape index (κ2) is 9.07. The van der Waals surface area contributed by atoms with Crippen molar-refractivity contribution in [3.05, 3.63) is 40.3 Å². The van der Waals surface area contributed by atoms with Gasteiger partial charge in [0, 0.05) is 13.1 Å². The van der Waals surface area contributed by atoms with Gasteiger partial charge in [-0.15, -0.1) is 0 Å². The zero-order valence-corrected chi connectivity index (χ0v) is 18.9. The number of hydrogen-bond donors (Lipinski definition) is 0. The van der Waals surface area contributed by atoms with Crippen LogP contribution in [0.3, 0.4) is 0 Å². The van der Waals surface area contributed by atoms with Crippen molar-refractivity contribution in [3.63, 3.8) is 0 Å². The number of aryl methyl sites for hydroxylation is 1. The molecule has 0 atom stereocenters. The van der Waals surface area contributed by atoms with Crippen molar-refractivity contribution in [2.45, 2.75) is 20.8 Å². The molecule has 0 fully saturated rings. The topological polar surface area (TPSA) is 58.8 Å². The Bertz CT molecular complexity index is 965. The minimum atomic E-state index is -0.200. The highest BCUT2D eigenvalue weighted by atomic mass is 79.9. The van der Waals surface area contributed by atoms with E-state index in [1.54, 1.807) is 24.1 Å². The first-order valence-electron chi connectivity index (χ1n) is 9.22. The summed E-state index contributed by atoms with van der Waals surface area (Å²) in [5.41, 5.74) is 1.89. The maximum absolute atomic E-state index is 13.2. The molecule has 150 valence electrons. The zero-order chi connectivity index (χ0) is 20.3. The number of fused-ring (bicyclic) bond motifs is 1. The van der Waals surface area contributed by atoms with E-state index < -0.39 is 0 Å². The number of halogens is 1. The summed E-state index contributed by atoms with van der Waals surface area (Å²) in [6.07, 6.45) is 0. The Balaban J connectivity index is 2.01. The van der Waals surface area contributed by atoms with Gasteiger partial charge in [0.25, 0.3) is 5.91 Å². The van der Waals surface area contributed by atoms with Gasteiger partial charge in [0.2, 0.25) is 0 Å². The first kappa shape index (κ1) is 20.8. The highest BCUT2D eigenvalue weighted by Gasteiger charge is 2.25. The van der Waals surface area contributed by atoms with E-state index in [9.17, 15) is 4.79 Å². The van der Waals surface area contributed by atoms with E-state index in [2.05, 4.69) is 34.7 Å². The molecule has 3 rings (SSSR count). The highest BCUT2D eigenvalue weighted by molar-refractivity contribution is 9.10. The summed E-state index contributed by atoms with van der Waals surface area (Å²) in [7, 11) is 1.63. The van der Waals surface area contributed by atoms with E-state index in [1.807, 2.05) is 19.1 Å². The molecule has 8 heteroatoms. The van der Waals surface area contributed by atoms with E-state index in [1.165, 1.54) is 11.3 Å². The third kappa shape index (κ3) is 4.24. The third-order valence-electron chi connectivity index (χ3n) is 4.71. The minimum Gasteiger partial charge on any atom is -0.494 e. The van der Waals surface area contributed by atoms with Crippen LogP contribution in [0.2, 0.25) is 0 Å². The van der Waals surface area contributed by atoms with Gasteiger partial charge in [-0.3, -0.25) is 9.69 Å². The van der Waals surface area contributed by atoms with Crippen molar-refractivity contribution < 1.29 is 13.9 Å². The summed E-state index contributed by atoms with van der Waals surface area (Å²) < 4.78 is 12.5. The number of amides is 1. The van der Waals surface area contributed by atoms with Crippen molar-refractivity contribution in [2.24, 2.45) is 0 Å². The van der Waals surface area contributed by atoms with Crippen molar-refractivity contribution >= 4 is 48.5 Å². The molecule has 0 saturated carbocycles. The van der Waals surface area contributed by atoms with E-state index >= 15 is 0 Å². The third-order valence-corrected chi connectivity index (χ3v) is 6.35. The highest BCUT2D eigenvalue weighted by Crippen LogP contribution is 2.37. The number of hydrogen-bond acceptors (Lipinski definition) is 6. The fourth-order valence-corrected chi connectivity index (χ4v) is 4.39. The molecule has 2 heterocycles. The number of benzene rings is 1. The second-order valence-electron chi connectivity index (χ2n) is 6.35. The number of nitrogens with zero attached hydrogens (tertiary/aromatic N) is 3. The van der Waals surface area contributed by atoms with Crippen LogP contribution < -0.4 is 9.64 Å². The second-order valence-corrected chi connectivity index (χ2v) is 8.11. The van der Waals surface area contributed by atoms with Crippen LogP contribution in [0, 0.1) is 6.92 Å². The Morgan fingerprint density at radius 1 is 1.21 bits per heavy atom. The molecule has 0 spiro atoms. The Kier molecular flexibility index (Phi) is 6.74. The molecule has 0 unspecified atom stereocenters. The predicted octanol–water partition coefficient (Wildman–Crippen LogP) is 4.96. The van der Waals surface area contributed by atoms with E-state index in [0.29, 0.717) is 22.1 Å². The molecule has 1 amide bonds. The predicted molar refractivity (Wildman–Crippen MR) is 117 cm³/mol. The number of aromatic nitrogens is 1. The molecule has 0 bridgehead atoms. The van der Waals surface area contributed by atoms with Gasteiger partial charge in [0.05, 0.1) is 11.8 Å². The van der Waals surface area contributed by atoms with Gasteiger partial charge < -0.3 is 14.1 Å². The molecule has 0 aliphatic rings.